The first-order valence-electron chi connectivity index (χ1n) is 18.1. The van der Waals surface area contributed by atoms with Gasteiger partial charge in [-0.05, 0) is 54.9 Å². The molecule has 3 amide bonds. The quantitative estimate of drug-likeness (QED) is 0.162. The Bertz CT molecular complexity index is 1790. The minimum atomic E-state index is -5.28. The van der Waals surface area contributed by atoms with E-state index in [0.717, 1.165) is 29.0 Å². The summed E-state index contributed by atoms with van der Waals surface area (Å²) in [5.74, 6) is -0.814. The molecule has 300 valence electrons. The Morgan fingerprint density at radius 3 is 1.76 bits per heavy atom. The third kappa shape index (κ3) is 6.46. The molecule has 3 aromatic carbocycles. The van der Waals surface area contributed by atoms with Gasteiger partial charge in [-0.3, -0.25) is 4.79 Å². The number of urea groups is 1. The number of carbonyl (C=O) groups excluding carboxylic acids is 2. The van der Waals surface area contributed by atoms with E-state index in [1.807, 2.05) is 0 Å². The molecular weight excluding hydrogens is 732 g/mol. The van der Waals surface area contributed by atoms with Crippen LogP contribution in [0.25, 0.3) is 0 Å². The number of nitrogens with zero attached hydrogens (tertiary/aromatic N) is 3. The molecule has 0 radical (unpaired) electrons. The number of carbonyl (C=O) groups is 2. The molecule has 2 heterocycles. The minimum Gasteiger partial charge on any atom is -0.396 e. The smallest absolute Gasteiger partial charge is 0.396 e. The normalized spacial score (nSPS) is 22.2. The van der Waals surface area contributed by atoms with Crippen LogP contribution in [-0.4, -0.2) is 112 Å². The summed E-state index contributed by atoms with van der Waals surface area (Å²) in [6.45, 7) is -2.82. The average molecular weight is 780 g/mol. The van der Waals surface area contributed by atoms with Gasteiger partial charge in [0.15, 0.2) is 5.54 Å². The lowest BCUT2D eigenvalue weighted by atomic mass is 9.54. The van der Waals surface area contributed by atoms with E-state index < -0.39 is 111 Å². The van der Waals surface area contributed by atoms with Gasteiger partial charge in [0.1, 0.15) is 5.41 Å². The standard InChI is InChI=1S/C40H47F6N3O6/c1-28-11-9-10-16-31(28)32-38(36(19-25-52,39(41,42)43)29-12-5-3-6-13-29)27-35(17-23-50,18-24-51)33(54)49(38)22-21-48(32)34(55)47(2)37(20-26-53,40(44,45)46)30-14-7-4-8-15-30/h3-16,32,50-53H,17-27H2,1-2H3. The lowest BCUT2D eigenvalue weighted by Crippen LogP contribution is -2.75. The van der Waals surface area contributed by atoms with Crippen LogP contribution in [0.4, 0.5) is 31.1 Å². The van der Waals surface area contributed by atoms with Crippen molar-refractivity contribution in [1.29, 1.82) is 0 Å². The summed E-state index contributed by atoms with van der Waals surface area (Å²) < 4.78 is 96.9. The fourth-order valence-electron chi connectivity index (χ4n) is 9.66. The van der Waals surface area contributed by atoms with Crippen LogP contribution in [0, 0.1) is 12.3 Å². The molecule has 0 bridgehead atoms. The lowest BCUT2D eigenvalue weighted by Gasteiger charge is -2.62. The molecule has 3 aromatic rings. The van der Waals surface area contributed by atoms with Crippen molar-refractivity contribution in [3.8, 4) is 0 Å². The second kappa shape index (κ2) is 15.8. The molecule has 0 aliphatic carbocycles. The Labute approximate surface area is 315 Å². The van der Waals surface area contributed by atoms with E-state index in [1.165, 1.54) is 60.7 Å². The topological polar surface area (TPSA) is 125 Å². The SMILES string of the molecule is Cc1ccccc1C1N(C(=O)N(C)C(CCO)(c2ccccc2)C(F)(F)F)CCN2C(=O)C(CCO)(CCO)CC12C(CCO)(c1ccccc1)C(F)(F)F. The number of fused-ring (bicyclic) bond motifs is 1. The molecule has 4 unspecified atom stereocenters. The number of hydrogen-bond acceptors (Lipinski definition) is 6. The molecule has 0 aromatic heterocycles. The highest BCUT2D eigenvalue weighted by atomic mass is 19.4. The number of amides is 3. The molecule has 5 rings (SSSR count). The van der Waals surface area contributed by atoms with E-state index in [1.54, 1.807) is 19.1 Å². The second-order valence-electron chi connectivity index (χ2n) is 14.5. The number of halogens is 6. The maximum atomic E-state index is 16.7. The molecular formula is C40H47F6N3O6. The Hall–Kier alpha value is -4.18. The first-order chi connectivity index (χ1) is 26.0. The van der Waals surface area contributed by atoms with Crippen LogP contribution >= 0.6 is 0 Å². The largest absolute Gasteiger partial charge is 0.416 e. The number of aryl methyl sites for hydroxylation is 1. The number of aliphatic hydroxyl groups excluding tert-OH is 4. The van der Waals surface area contributed by atoms with E-state index >= 15 is 31.1 Å². The van der Waals surface area contributed by atoms with E-state index in [4.69, 9.17) is 0 Å². The predicted molar refractivity (Wildman–Crippen MR) is 190 cm³/mol. The van der Waals surface area contributed by atoms with Gasteiger partial charge < -0.3 is 35.1 Å². The molecule has 9 nitrogen and oxygen atoms in total. The third-order valence-electron chi connectivity index (χ3n) is 12.1. The van der Waals surface area contributed by atoms with Crippen molar-refractivity contribution >= 4 is 11.9 Å². The molecule has 0 spiro atoms. The van der Waals surface area contributed by atoms with Crippen molar-refractivity contribution in [2.75, 3.05) is 46.6 Å². The maximum Gasteiger partial charge on any atom is 0.416 e. The number of aliphatic hydroxyl groups is 4. The molecule has 2 saturated heterocycles. The van der Waals surface area contributed by atoms with Crippen LogP contribution in [0.2, 0.25) is 0 Å². The van der Waals surface area contributed by atoms with Crippen molar-refractivity contribution in [2.24, 2.45) is 5.41 Å². The number of rotatable bonds is 13. The fourth-order valence-corrected chi connectivity index (χ4v) is 9.66. The summed E-state index contributed by atoms with van der Waals surface area (Å²) in [5.41, 5.74) is -10.9. The van der Waals surface area contributed by atoms with Gasteiger partial charge in [-0.1, -0.05) is 84.9 Å². The first-order valence-corrected chi connectivity index (χ1v) is 18.1. The van der Waals surface area contributed by atoms with E-state index in [9.17, 15) is 25.2 Å². The number of hydrogen-bond donors (Lipinski definition) is 4. The zero-order chi connectivity index (χ0) is 40.5. The van der Waals surface area contributed by atoms with Crippen LogP contribution in [-0.2, 0) is 15.7 Å². The highest BCUT2D eigenvalue weighted by Gasteiger charge is 2.79. The van der Waals surface area contributed by atoms with Gasteiger partial charge in [-0.15, -0.1) is 0 Å². The molecule has 2 aliphatic heterocycles. The monoisotopic (exact) mass is 779 g/mol. The van der Waals surface area contributed by atoms with Crippen molar-refractivity contribution in [3.05, 3.63) is 107 Å². The van der Waals surface area contributed by atoms with Gasteiger partial charge in [-0.2, -0.15) is 26.3 Å². The van der Waals surface area contributed by atoms with Crippen molar-refractivity contribution in [1.82, 2.24) is 14.7 Å². The highest BCUT2D eigenvalue weighted by Crippen LogP contribution is 2.67. The highest BCUT2D eigenvalue weighted by molar-refractivity contribution is 5.88. The van der Waals surface area contributed by atoms with Crippen LogP contribution in [0.1, 0.15) is 60.4 Å². The number of benzene rings is 3. The van der Waals surface area contributed by atoms with Gasteiger partial charge >= 0.3 is 18.4 Å². The summed E-state index contributed by atoms with van der Waals surface area (Å²) in [6, 6.07) is 16.2. The van der Waals surface area contributed by atoms with Gasteiger partial charge in [0.2, 0.25) is 5.91 Å². The Morgan fingerprint density at radius 2 is 1.27 bits per heavy atom. The summed E-state index contributed by atoms with van der Waals surface area (Å²) in [6.07, 6.45) is -13.9. The van der Waals surface area contributed by atoms with Crippen molar-refractivity contribution in [2.45, 2.75) is 73.9 Å². The predicted octanol–water partition coefficient (Wildman–Crippen LogP) is 5.85. The van der Waals surface area contributed by atoms with Crippen LogP contribution in [0.3, 0.4) is 0 Å². The molecule has 4 N–H and O–H groups in total. The van der Waals surface area contributed by atoms with E-state index in [2.05, 4.69) is 0 Å². The van der Waals surface area contributed by atoms with Crippen LogP contribution in [0.15, 0.2) is 84.9 Å². The molecule has 4 atom stereocenters. The third-order valence-corrected chi connectivity index (χ3v) is 12.1. The fraction of sp³-hybridized carbons (Fsp3) is 0.500. The van der Waals surface area contributed by atoms with Gasteiger partial charge in [-0.25, -0.2) is 4.79 Å². The zero-order valence-corrected chi connectivity index (χ0v) is 30.7. The van der Waals surface area contributed by atoms with Crippen LogP contribution in [0.5, 0.6) is 0 Å². The second-order valence-corrected chi connectivity index (χ2v) is 14.5. The summed E-state index contributed by atoms with van der Waals surface area (Å²) >= 11 is 0. The molecule has 2 aliphatic rings. The molecule has 55 heavy (non-hydrogen) atoms. The van der Waals surface area contributed by atoms with Gasteiger partial charge in [0, 0.05) is 53.0 Å². The average Bonchev–Trinajstić information content (AvgIpc) is 3.39. The van der Waals surface area contributed by atoms with Crippen LogP contribution < -0.4 is 0 Å². The summed E-state index contributed by atoms with van der Waals surface area (Å²) in [5, 5.41) is 41.3. The van der Waals surface area contributed by atoms with Crippen molar-refractivity contribution in [3.63, 3.8) is 0 Å². The lowest BCUT2D eigenvalue weighted by molar-refractivity contribution is -0.250. The Morgan fingerprint density at radius 1 is 0.745 bits per heavy atom. The zero-order valence-electron chi connectivity index (χ0n) is 30.7. The van der Waals surface area contributed by atoms with E-state index in [0.29, 0.717) is 10.5 Å². The molecule has 2 fully saturated rings. The molecule has 0 saturated carbocycles. The first kappa shape index (κ1) is 42.0. The number of piperazine rings is 1. The minimum absolute atomic E-state index is 0.118. The van der Waals surface area contributed by atoms with Gasteiger partial charge in [0.05, 0.1) is 17.0 Å². The Balaban J connectivity index is 1.93. The van der Waals surface area contributed by atoms with Gasteiger partial charge in [0.25, 0.3) is 0 Å². The molecule has 15 heteroatoms. The summed E-state index contributed by atoms with van der Waals surface area (Å²) in [4.78, 5) is 32.5. The number of alkyl halides is 6. The Kier molecular flexibility index (Phi) is 12.0. The maximum absolute atomic E-state index is 16.7. The van der Waals surface area contributed by atoms with Crippen molar-refractivity contribution < 1.29 is 56.4 Å². The van der Waals surface area contributed by atoms with E-state index in [-0.39, 0.29) is 29.5 Å². The summed E-state index contributed by atoms with van der Waals surface area (Å²) in [7, 11) is 0.899.